The van der Waals surface area contributed by atoms with Crippen molar-refractivity contribution in [2.75, 3.05) is 26.2 Å². The molecule has 0 saturated carbocycles. The van der Waals surface area contributed by atoms with Gasteiger partial charge in [0, 0.05) is 13.1 Å². The monoisotopic (exact) mass is 293 g/mol. The molecule has 1 aliphatic heterocycles. The number of hydrogen-bond acceptors (Lipinski definition) is 3. The molecule has 0 bridgehead atoms. The highest BCUT2D eigenvalue weighted by atomic mass is 19.1. The first-order chi connectivity index (χ1) is 10.1. The number of hydrogen-bond donors (Lipinski definition) is 1. The van der Waals surface area contributed by atoms with Crippen LogP contribution in [0.1, 0.15) is 45.3 Å². The lowest BCUT2D eigenvalue weighted by Gasteiger charge is -2.28. The summed E-state index contributed by atoms with van der Waals surface area (Å²) in [7, 11) is 0. The zero-order valence-electron chi connectivity index (χ0n) is 13.5. The van der Waals surface area contributed by atoms with Crippen LogP contribution in [-0.2, 0) is 0 Å². The van der Waals surface area contributed by atoms with E-state index < -0.39 is 0 Å². The van der Waals surface area contributed by atoms with Crippen molar-refractivity contribution in [3.05, 3.63) is 29.8 Å². The number of pyridine rings is 1. The largest absolute Gasteiger partial charge is 0.309 e. The highest BCUT2D eigenvalue weighted by molar-refractivity contribution is 5.11. The van der Waals surface area contributed by atoms with Crippen molar-refractivity contribution in [1.29, 1.82) is 0 Å². The molecule has 0 amide bonds. The highest BCUT2D eigenvalue weighted by Gasteiger charge is 2.26. The average molecular weight is 293 g/mol. The van der Waals surface area contributed by atoms with Crippen molar-refractivity contribution >= 4 is 0 Å². The van der Waals surface area contributed by atoms with Crippen molar-refractivity contribution in [3.8, 4) is 0 Å². The fourth-order valence-electron chi connectivity index (χ4n) is 3.31. The zero-order chi connectivity index (χ0) is 15.2. The summed E-state index contributed by atoms with van der Waals surface area (Å²) >= 11 is 0. The van der Waals surface area contributed by atoms with Crippen molar-refractivity contribution in [2.24, 2.45) is 11.8 Å². The second kappa shape index (κ2) is 7.85. The molecule has 0 spiro atoms. The van der Waals surface area contributed by atoms with E-state index in [0.717, 1.165) is 24.7 Å². The van der Waals surface area contributed by atoms with E-state index >= 15 is 0 Å². The van der Waals surface area contributed by atoms with Gasteiger partial charge in [0.2, 0.25) is 0 Å². The molecular formula is C17H28FN3. The molecule has 0 aromatic carbocycles. The lowest BCUT2D eigenvalue weighted by molar-refractivity contribution is 0.239. The van der Waals surface area contributed by atoms with Crippen molar-refractivity contribution in [3.63, 3.8) is 0 Å². The molecule has 2 rings (SSSR count). The zero-order valence-corrected chi connectivity index (χ0v) is 13.5. The van der Waals surface area contributed by atoms with Gasteiger partial charge in [-0.15, -0.1) is 0 Å². The molecular weight excluding hydrogens is 265 g/mol. The number of halogens is 1. The highest BCUT2D eigenvalue weighted by Crippen LogP contribution is 2.25. The van der Waals surface area contributed by atoms with Gasteiger partial charge in [-0.2, -0.15) is 0 Å². The Morgan fingerprint density at radius 1 is 1.43 bits per heavy atom. The molecule has 0 radical (unpaired) electrons. The van der Waals surface area contributed by atoms with E-state index in [1.54, 1.807) is 6.07 Å². The Kier molecular flexibility index (Phi) is 6.12. The van der Waals surface area contributed by atoms with Crippen LogP contribution in [0.25, 0.3) is 0 Å². The Hall–Kier alpha value is -1.00. The Bertz CT molecular complexity index is 421. The Morgan fingerprint density at radius 3 is 2.81 bits per heavy atom. The van der Waals surface area contributed by atoms with Crippen LogP contribution in [-0.4, -0.2) is 36.1 Å². The smallest absolute Gasteiger partial charge is 0.141 e. The fourth-order valence-corrected chi connectivity index (χ4v) is 3.31. The summed E-state index contributed by atoms with van der Waals surface area (Å²) in [5, 5.41) is 3.51. The van der Waals surface area contributed by atoms with Gasteiger partial charge in [0.05, 0.1) is 17.9 Å². The van der Waals surface area contributed by atoms with Gasteiger partial charge in [0.1, 0.15) is 5.82 Å². The molecule has 2 heterocycles. The predicted octanol–water partition coefficient (Wildman–Crippen LogP) is 3.24. The average Bonchev–Trinajstić information content (AvgIpc) is 2.93. The van der Waals surface area contributed by atoms with Gasteiger partial charge in [-0.05, 0) is 43.5 Å². The molecule has 1 aromatic rings. The maximum atomic E-state index is 13.1. The van der Waals surface area contributed by atoms with E-state index in [-0.39, 0.29) is 11.9 Å². The van der Waals surface area contributed by atoms with Gasteiger partial charge in [0.15, 0.2) is 0 Å². The SMILES string of the molecule is CCNC(c1ccc(F)cn1)C(C)CN1CCC(CC)C1. The quantitative estimate of drug-likeness (QED) is 0.836. The molecule has 4 heteroatoms. The molecule has 3 nitrogen and oxygen atoms in total. The van der Waals surface area contributed by atoms with Crippen LogP contribution in [0.3, 0.4) is 0 Å². The lowest BCUT2D eigenvalue weighted by atomic mass is 9.97. The normalized spacial score (nSPS) is 22.4. The Morgan fingerprint density at radius 2 is 2.24 bits per heavy atom. The Balaban J connectivity index is 1.98. The van der Waals surface area contributed by atoms with Crippen molar-refractivity contribution in [1.82, 2.24) is 15.2 Å². The first-order valence-electron chi connectivity index (χ1n) is 8.21. The van der Waals surface area contributed by atoms with Crippen LogP contribution in [0.15, 0.2) is 18.3 Å². The van der Waals surface area contributed by atoms with E-state index in [1.807, 2.05) is 0 Å². The van der Waals surface area contributed by atoms with Gasteiger partial charge in [-0.25, -0.2) is 4.39 Å². The van der Waals surface area contributed by atoms with Crippen LogP contribution in [0.5, 0.6) is 0 Å². The molecule has 3 atom stereocenters. The molecule has 1 aromatic heterocycles. The van der Waals surface area contributed by atoms with Crippen molar-refractivity contribution in [2.45, 2.75) is 39.7 Å². The summed E-state index contributed by atoms with van der Waals surface area (Å²) in [4.78, 5) is 6.83. The fraction of sp³-hybridized carbons (Fsp3) is 0.706. The topological polar surface area (TPSA) is 28.2 Å². The maximum Gasteiger partial charge on any atom is 0.141 e. The van der Waals surface area contributed by atoms with E-state index in [0.29, 0.717) is 5.92 Å². The van der Waals surface area contributed by atoms with E-state index in [9.17, 15) is 4.39 Å². The summed E-state index contributed by atoms with van der Waals surface area (Å²) in [6, 6.07) is 3.50. The van der Waals surface area contributed by atoms with Gasteiger partial charge in [-0.3, -0.25) is 4.98 Å². The first-order valence-corrected chi connectivity index (χ1v) is 8.21. The second-order valence-corrected chi connectivity index (χ2v) is 6.24. The van der Waals surface area contributed by atoms with E-state index in [1.165, 1.54) is 38.2 Å². The Labute approximate surface area is 127 Å². The third-order valence-electron chi connectivity index (χ3n) is 4.56. The molecule has 0 aliphatic carbocycles. The summed E-state index contributed by atoms with van der Waals surface area (Å²) in [5.41, 5.74) is 0.942. The molecule has 3 unspecified atom stereocenters. The maximum absolute atomic E-state index is 13.1. The molecule has 1 fully saturated rings. The standard InChI is InChI=1S/C17H28FN3/c1-4-14-8-9-21(12-14)11-13(3)17(19-5-2)16-7-6-15(18)10-20-16/h6-7,10,13-14,17,19H,4-5,8-9,11-12H2,1-3H3. The summed E-state index contributed by atoms with van der Waals surface area (Å²) in [5.74, 6) is 1.05. The molecule has 118 valence electrons. The predicted molar refractivity (Wildman–Crippen MR) is 84.6 cm³/mol. The molecule has 1 saturated heterocycles. The lowest BCUT2D eigenvalue weighted by Crippen LogP contribution is -2.35. The summed E-state index contributed by atoms with van der Waals surface area (Å²) in [6.07, 6.45) is 3.92. The second-order valence-electron chi connectivity index (χ2n) is 6.24. The van der Waals surface area contributed by atoms with Crippen molar-refractivity contribution < 1.29 is 4.39 Å². The van der Waals surface area contributed by atoms with Gasteiger partial charge >= 0.3 is 0 Å². The number of likely N-dealkylation sites (tertiary alicyclic amines) is 1. The van der Waals surface area contributed by atoms with Crippen LogP contribution in [0.2, 0.25) is 0 Å². The first kappa shape index (κ1) is 16.4. The summed E-state index contributed by atoms with van der Waals surface area (Å²) < 4.78 is 13.1. The van der Waals surface area contributed by atoms with Crippen LogP contribution in [0.4, 0.5) is 4.39 Å². The number of nitrogens with one attached hydrogen (secondary N) is 1. The number of aromatic nitrogens is 1. The van der Waals surface area contributed by atoms with E-state index in [2.05, 4.69) is 36.0 Å². The minimum absolute atomic E-state index is 0.191. The van der Waals surface area contributed by atoms with Crippen LogP contribution in [0, 0.1) is 17.7 Å². The molecule has 21 heavy (non-hydrogen) atoms. The minimum Gasteiger partial charge on any atom is -0.309 e. The molecule has 1 aliphatic rings. The van der Waals surface area contributed by atoms with Gasteiger partial charge in [-0.1, -0.05) is 27.2 Å². The number of rotatable bonds is 7. The third kappa shape index (κ3) is 4.48. The van der Waals surface area contributed by atoms with Crippen LogP contribution >= 0.6 is 0 Å². The van der Waals surface area contributed by atoms with E-state index in [4.69, 9.17) is 0 Å². The van der Waals surface area contributed by atoms with Gasteiger partial charge < -0.3 is 10.2 Å². The van der Waals surface area contributed by atoms with Crippen LogP contribution < -0.4 is 5.32 Å². The minimum atomic E-state index is -0.271. The molecule has 1 N–H and O–H groups in total. The van der Waals surface area contributed by atoms with Gasteiger partial charge in [0.25, 0.3) is 0 Å². The third-order valence-corrected chi connectivity index (χ3v) is 4.56. The number of nitrogens with zero attached hydrogens (tertiary/aromatic N) is 2. The summed E-state index contributed by atoms with van der Waals surface area (Å²) in [6.45, 7) is 11.0.